The van der Waals surface area contributed by atoms with Gasteiger partial charge in [-0.1, -0.05) is 25.6 Å². The van der Waals surface area contributed by atoms with Gasteiger partial charge in [-0.05, 0) is 26.0 Å². The first-order valence-corrected chi connectivity index (χ1v) is 8.99. The summed E-state index contributed by atoms with van der Waals surface area (Å²) in [6.45, 7) is 7.36. The third-order valence-corrected chi connectivity index (χ3v) is 4.88. The van der Waals surface area contributed by atoms with Crippen LogP contribution in [0.15, 0.2) is 4.99 Å². The molecule has 0 aromatic carbocycles. The van der Waals surface area contributed by atoms with Gasteiger partial charge in [-0.2, -0.15) is 0 Å². The summed E-state index contributed by atoms with van der Waals surface area (Å²) < 4.78 is 25.1. The minimum atomic E-state index is -3.26. The lowest BCUT2D eigenvalue weighted by molar-refractivity contribution is 0.181. The number of amidine groups is 1. The molecule has 0 atom stereocenters. The second-order valence-corrected chi connectivity index (χ2v) is 6.45. The van der Waals surface area contributed by atoms with Crippen LogP contribution in [-0.2, 0) is 13.6 Å². The first kappa shape index (κ1) is 18.0. The molecule has 0 N–H and O–H groups in total. The summed E-state index contributed by atoms with van der Waals surface area (Å²) >= 11 is 1.44. The zero-order chi connectivity index (χ0) is 14.0. The van der Waals surface area contributed by atoms with Crippen molar-refractivity contribution in [2.75, 3.05) is 33.1 Å². The molecule has 0 aromatic heterocycles. The first-order chi connectivity index (χ1) is 8.55. The van der Waals surface area contributed by atoms with Gasteiger partial charge in [0.25, 0.3) is 0 Å². The fraction of sp³-hybridized carbons (Fsp3) is 0.909. The smallest absolute Gasteiger partial charge is 0.292 e. The Kier molecular flexibility index (Phi) is 9.83. The highest BCUT2D eigenvalue weighted by Crippen LogP contribution is 2.52. The van der Waals surface area contributed by atoms with Crippen LogP contribution in [0.25, 0.3) is 0 Å². The van der Waals surface area contributed by atoms with Gasteiger partial charge >= 0.3 is 7.75 Å². The summed E-state index contributed by atoms with van der Waals surface area (Å²) in [7, 11) is -1.56. The van der Waals surface area contributed by atoms with Crippen LogP contribution in [0.5, 0.6) is 0 Å². The van der Waals surface area contributed by atoms with Crippen LogP contribution in [0.4, 0.5) is 0 Å². The van der Waals surface area contributed by atoms with Crippen molar-refractivity contribution in [1.29, 1.82) is 0 Å². The molecule has 0 aliphatic carbocycles. The van der Waals surface area contributed by atoms with Gasteiger partial charge in [-0.15, -0.1) is 0 Å². The molecule has 0 rings (SSSR count). The second-order valence-electron chi connectivity index (χ2n) is 3.62. The lowest BCUT2D eigenvalue weighted by atomic mass is 10.5. The molecule has 0 aliphatic heterocycles. The molecule has 0 aliphatic rings. The van der Waals surface area contributed by atoms with Gasteiger partial charge in [0.1, 0.15) is 0 Å². The molecule has 0 saturated heterocycles. The van der Waals surface area contributed by atoms with E-state index in [1.807, 2.05) is 27.0 Å². The van der Waals surface area contributed by atoms with E-state index in [2.05, 4.69) is 4.99 Å². The van der Waals surface area contributed by atoms with Crippen LogP contribution in [0, 0.1) is 0 Å². The van der Waals surface area contributed by atoms with Crippen molar-refractivity contribution in [2.24, 2.45) is 4.99 Å². The first-order valence-electron chi connectivity index (χ1n) is 6.27. The van der Waals surface area contributed by atoms with Crippen LogP contribution in [0.1, 0.15) is 33.6 Å². The Morgan fingerprint density at radius 3 is 2.06 bits per heavy atom. The monoisotopic (exact) mass is 296 g/mol. The van der Waals surface area contributed by atoms with Crippen molar-refractivity contribution in [2.45, 2.75) is 33.6 Å². The minimum Gasteiger partial charge on any atom is -0.292 e. The van der Waals surface area contributed by atoms with Crippen molar-refractivity contribution in [3.05, 3.63) is 0 Å². The van der Waals surface area contributed by atoms with E-state index in [9.17, 15) is 4.57 Å². The van der Waals surface area contributed by atoms with E-state index in [4.69, 9.17) is 9.05 Å². The second kappa shape index (κ2) is 9.84. The molecular formula is C11H25N2O3PS. The molecule has 0 amide bonds. The summed E-state index contributed by atoms with van der Waals surface area (Å²) in [5.41, 5.74) is 0. The predicted molar refractivity (Wildman–Crippen MR) is 79.3 cm³/mol. The van der Waals surface area contributed by atoms with Crippen molar-refractivity contribution < 1.29 is 13.6 Å². The van der Waals surface area contributed by atoms with Crippen LogP contribution < -0.4 is 0 Å². The summed E-state index contributed by atoms with van der Waals surface area (Å²) in [4.78, 5) is 4.30. The number of thioether (sulfide) groups is 1. The molecule has 0 spiro atoms. The molecule has 108 valence electrons. The molecule has 0 heterocycles. The molecule has 18 heavy (non-hydrogen) atoms. The maximum absolute atomic E-state index is 12.7. The molecule has 0 saturated carbocycles. The highest BCUT2D eigenvalue weighted by atomic mass is 32.2. The highest BCUT2D eigenvalue weighted by molar-refractivity contribution is 8.13. The summed E-state index contributed by atoms with van der Waals surface area (Å²) in [6.07, 6.45) is 3.49. The highest BCUT2D eigenvalue weighted by Gasteiger charge is 2.32. The van der Waals surface area contributed by atoms with Crippen LogP contribution >= 0.6 is 19.5 Å². The lowest BCUT2D eigenvalue weighted by Gasteiger charge is -2.28. The van der Waals surface area contributed by atoms with E-state index in [1.54, 1.807) is 7.05 Å². The summed E-state index contributed by atoms with van der Waals surface area (Å²) in [6, 6.07) is 0. The SMILES string of the molecule is CCCOP(=O)(OCCC)N(C)C(=NCC)SC. The normalized spacial score (nSPS) is 12.8. The topological polar surface area (TPSA) is 51.1 Å². The number of rotatable bonds is 8. The van der Waals surface area contributed by atoms with E-state index < -0.39 is 7.75 Å². The molecule has 0 aromatic rings. The Labute approximate surface area is 115 Å². The fourth-order valence-corrected chi connectivity index (χ4v) is 3.75. The lowest BCUT2D eigenvalue weighted by Crippen LogP contribution is -2.24. The maximum atomic E-state index is 12.7. The Hall–Kier alpha value is -0.0300. The zero-order valence-electron chi connectivity index (χ0n) is 12.0. The number of aliphatic imine (C=N–C) groups is 1. The van der Waals surface area contributed by atoms with Gasteiger partial charge in [0.2, 0.25) is 0 Å². The quantitative estimate of drug-likeness (QED) is 0.389. The van der Waals surface area contributed by atoms with Gasteiger partial charge in [0, 0.05) is 13.6 Å². The van der Waals surface area contributed by atoms with E-state index in [0.717, 1.165) is 12.8 Å². The maximum Gasteiger partial charge on any atom is 0.436 e. The van der Waals surface area contributed by atoms with Crippen LogP contribution in [0.3, 0.4) is 0 Å². The van der Waals surface area contributed by atoms with Crippen molar-refractivity contribution in [1.82, 2.24) is 4.67 Å². The number of hydrogen-bond donors (Lipinski definition) is 0. The largest absolute Gasteiger partial charge is 0.436 e. The van der Waals surface area contributed by atoms with Crippen LogP contribution in [-0.4, -0.2) is 42.9 Å². The Bertz CT molecular complexity index is 288. The fourth-order valence-electron chi connectivity index (χ4n) is 1.16. The minimum absolute atomic E-state index is 0.416. The average molecular weight is 296 g/mol. The Morgan fingerprint density at radius 1 is 1.22 bits per heavy atom. The molecular weight excluding hydrogens is 271 g/mol. The number of nitrogens with zero attached hydrogens (tertiary/aromatic N) is 2. The van der Waals surface area contributed by atoms with E-state index >= 15 is 0 Å². The van der Waals surface area contributed by atoms with Crippen molar-refractivity contribution in [3.8, 4) is 0 Å². The summed E-state index contributed by atoms with van der Waals surface area (Å²) in [5.74, 6) is 0. The third-order valence-electron chi connectivity index (χ3n) is 2.04. The number of hydrogen-bond acceptors (Lipinski definition) is 5. The average Bonchev–Trinajstić information content (AvgIpc) is 2.39. The molecule has 0 bridgehead atoms. The zero-order valence-corrected chi connectivity index (χ0v) is 13.7. The Balaban J connectivity index is 4.92. The predicted octanol–water partition coefficient (Wildman–Crippen LogP) is 3.62. The van der Waals surface area contributed by atoms with Gasteiger partial charge in [0.05, 0.1) is 13.2 Å². The molecule has 0 fully saturated rings. The standard InChI is InChI=1S/C11H25N2O3PS/c1-6-9-15-17(14,16-10-7-2)13(4)11(18-5)12-8-3/h6-10H2,1-5H3. The van der Waals surface area contributed by atoms with Gasteiger partial charge in [-0.3, -0.25) is 18.7 Å². The van der Waals surface area contributed by atoms with Gasteiger partial charge in [-0.25, -0.2) is 4.57 Å². The van der Waals surface area contributed by atoms with E-state index in [1.165, 1.54) is 16.4 Å². The van der Waals surface area contributed by atoms with Crippen molar-refractivity contribution >= 4 is 24.7 Å². The van der Waals surface area contributed by atoms with Crippen LogP contribution in [0.2, 0.25) is 0 Å². The molecule has 5 nitrogen and oxygen atoms in total. The van der Waals surface area contributed by atoms with E-state index in [0.29, 0.717) is 24.9 Å². The summed E-state index contributed by atoms with van der Waals surface area (Å²) in [5, 5.41) is 0.674. The van der Waals surface area contributed by atoms with Gasteiger partial charge in [0.15, 0.2) is 5.17 Å². The van der Waals surface area contributed by atoms with Gasteiger partial charge < -0.3 is 0 Å². The molecule has 0 radical (unpaired) electrons. The van der Waals surface area contributed by atoms with Crippen molar-refractivity contribution in [3.63, 3.8) is 0 Å². The molecule has 7 heteroatoms. The molecule has 0 unspecified atom stereocenters. The van der Waals surface area contributed by atoms with E-state index in [-0.39, 0.29) is 0 Å². The third kappa shape index (κ3) is 5.74. The Morgan fingerprint density at radius 2 is 1.72 bits per heavy atom.